The quantitative estimate of drug-likeness (QED) is 0.886. The first-order chi connectivity index (χ1) is 13.1. The van der Waals surface area contributed by atoms with Crippen LogP contribution in [0.2, 0.25) is 0 Å². The molecular weight excluding hydrogens is 340 g/mol. The third-order valence-corrected chi connectivity index (χ3v) is 5.27. The summed E-state index contributed by atoms with van der Waals surface area (Å²) in [6, 6.07) is 15.4. The van der Waals surface area contributed by atoms with Gasteiger partial charge < -0.3 is 15.0 Å². The van der Waals surface area contributed by atoms with Crippen molar-refractivity contribution in [3.8, 4) is 11.5 Å². The molecule has 2 aromatic rings. The van der Waals surface area contributed by atoms with Gasteiger partial charge >= 0.3 is 0 Å². The van der Waals surface area contributed by atoms with Crippen LogP contribution in [-0.2, 0) is 9.59 Å². The van der Waals surface area contributed by atoms with E-state index >= 15 is 0 Å². The first kappa shape index (κ1) is 17.6. The van der Waals surface area contributed by atoms with E-state index in [1.54, 1.807) is 0 Å². The zero-order valence-electron chi connectivity index (χ0n) is 15.5. The average Bonchev–Trinajstić information content (AvgIpc) is 3.08. The van der Waals surface area contributed by atoms with Crippen molar-refractivity contribution < 1.29 is 14.3 Å². The van der Waals surface area contributed by atoms with Gasteiger partial charge in [0.15, 0.2) is 0 Å². The zero-order chi connectivity index (χ0) is 18.8. The summed E-state index contributed by atoms with van der Waals surface area (Å²) >= 11 is 0. The molecule has 0 saturated carbocycles. The number of para-hydroxylation sites is 2. The molecule has 0 spiro atoms. The van der Waals surface area contributed by atoms with Crippen LogP contribution in [0.1, 0.15) is 36.8 Å². The molecule has 140 valence electrons. The molecule has 1 atom stereocenters. The molecule has 2 aliphatic heterocycles. The molecule has 5 nitrogen and oxygen atoms in total. The van der Waals surface area contributed by atoms with Gasteiger partial charge in [-0.3, -0.25) is 9.59 Å². The van der Waals surface area contributed by atoms with E-state index in [-0.39, 0.29) is 23.7 Å². The van der Waals surface area contributed by atoms with Crippen LogP contribution in [0.15, 0.2) is 48.5 Å². The summed E-state index contributed by atoms with van der Waals surface area (Å²) in [6.07, 6.45) is 1.59. The van der Waals surface area contributed by atoms with Crippen molar-refractivity contribution in [1.82, 2.24) is 10.2 Å². The SMILES string of the molecule is C[C@H](CNC(=O)C1c2ccccc2Oc2ccccc21)CN1CCCC1=O. The molecule has 0 radical (unpaired) electrons. The second kappa shape index (κ2) is 7.43. The Hall–Kier alpha value is -2.82. The molecule has 2 amide bonds. The fraction of sp³-hybridized carbons (Fsp3) is 0.364. The first-order valence-electron chi connectivity index (χ1n) is 9.54. The number of nitrogens with one attached hydrogen (secondary N) is 1. The second-order valence-electron chi connectivity index (χ2n) is 7.40. The minimum absolute atomic E-state index is 0.0298. The summed E-state index contributed by atoms with van der Waals surface area (Å²) < 4.78 is 5.96. The van der Waals surface area contributed by atoms with Crippen LogP contribution >= 0.6 is 0 Å². The third kappa shape index (κ3) is 3.54. The molecule has 4 rings (SSSR count). The molecule has 1 N–H and O–H groups in total. The molecule has 0 aliphatic carbocycles. The van der Waals surface area contributed by atoms with Crippen molar-refractivity contribution in [2.45, 2.75) is 25.7 Å². The Balaban J connectivity index is 1.48. The minimum atomic E-state index is -0.383. The highest BCUT2D eigenvalue weighted by atomic mass is 16.5. The Kier molecular flexibility index (Phi) is 4.84. The molecular formula is C22H24N2O3. The predicted octanol–water partition coefficient (Wildman–Crippen LogP) is 3.30. The molecule has 2 aliphatic rings. The van der Waals surface area contributed by atoms with Crippen LogP contribution < -0.4 is 10.1 Å². The first-order valence-corrected chi connectivity index (χ1v) is 9.54. The van der Waals surface area contributed by atoms with Gasteiger partial charge in [-0.15, -0.1) is 0 Å². The maximum absolute atomic E-state index is 13.1. The van der Waals surface area contributed by atoms with Gasteiger partial charge in [0.25, 0.3) is 0 Å². The van der Waals surface area contributed by atoms with Crippen LogP contribution in [0.3, 0.4) is 0 Å². The largest absolute Gasteiger partial charge is 0.457 e. The smallest absolute Gasteiger partial charge is 0.232 e. The van der Waals surface area contributed by atoms with Crippen LogP contribution in [0.4, 0.5) is 0 Å². The molecule has 0 bridgehead atoms. The predicted molar refractivity (Wildman–Crippen MR) is 103 cm³/mol. The monoisotopic (exact) mass is 364 g/mol. The molecule has 27 heavy (non-hydrogen) atoms. The number of fused-ring (bicyclic) bond motifs is 2. The van der Waals surface area contributed by atoms with Crippen molar-refractivity contribution >= 4 is 11.8 Å². The lowest BCUT2D eigenvalue weighted by molar-refractivity contribution is -0.128. The summed E-state index contributed by atoms with van der Waals surface area (Å²) in [5.74, 6) is 1.48. The fourth-order valence-corrected chi connectivity index (χ4v) is 3.91. The van der Waals surface area contributed by atoms with Crippen molar-refractivity contribution in [2.24, 2.45) is 5.92 Å². The highest BCUT2D eigenvalue weighted by molar-refractivity contribution is 5.89. The molecule has 5 heteroatoms. The number of hydrogen-bond acceptors (Lipinski definition) is 3. The molecule has 0 unspecified atom stereocenters. The number of rotatable bonds is 5. The van der Waals surface area contributed by atoms with Crippen LogP contribution in [0, 0.1) is 5.92 Å². The van der Waals surface area contributed by atoms with Crippen molar-refractivity contribution in [3.05, 3.63) is 59.7 Å². The maximum atomic E-state index is 13.1. The number of carbonyl (C=O) groups is 2. The zero-order valence-corrected chi connectivity index (χ0v) is 15.5. The van der Waals surface area contributed by atoms with Crippen molar-refractivity contribution in [1.29, 1.82) is 0 Å². The molecule has 2 heterocycles. The van der Waals surface area contributed by atoms with Crippen molar-refractivity contribution in [3.63, 3.8) is 0 Å². The number of hydrogen-bond donors (Lipinski definition) is 1. The lowest BCUT2D eigenvalue weighted by Gasteiger charge is -2.28. The normalized spacial score (nSPS) is 17.1. The topological polar surface area (TPSA) is 58.6 Å². The summed E-state index contributed by atoms with van der Waals surface area (Å²) in [4.78, 5) is 26.8. The van der Waals surface area contributed by atoms with E-state index in [1.807, 2.05) is 53.4 Å². The Morgan fingerprint density at radius 1 is 1.15 bits per heavy atom. The van der Waals surface area contributed by atoms with Crippen molar-refractivity contribution in [2.75, 3.05) is 19.6 Å². The molecule has 1 saturated heterocycles. The van der Waals surface area contributed by atoms with Gasteiger partial charge in [-0.05, 0) is 24.5 Å². The lowest BCUT2D eigenvalue weighted by Crippen LogP contribution is -2.38. The van der Waals surface area contributed by atoms with Gasteiger partial charge in [-0.1, -0.05) is 43.3 Å². The summed E-state index contributed by atoms with van der Waals surface area (Å²) in [6.45, 7) is 4.14. The highest BCUT2D eigenvalue weighted by Gasteiger charge is 2.32. The molecule has 0 aromatic heterocycles. The van der Waals surface area contributed by atoms with E-state index in [0.29, 0.717) is 19.5 Å². The van der Waals surface area contributed by atoms with E-state index < -0.39 is 0 Å². The Bertz CT molecular complexity index is 819. The number of likely N-dealkylation sites (tertiary alicyclic amines) is 1. The number of carbonyl (C=O) groups excluding carboxylic acids is 2. The maximum Gasteiger partial charge on any atom is 0.232 e. The van der Waals surface area contributed by atoms with Gasteiger partial charge in [0.05, 0.1) is 5.92 Å². The fourth-order valence-electron chi connectivity index (χ4n) is 3.91. The van der Waals surface area contributed by atoms with E-state index in [9.17, 15) is 9.59 Å². The Labute approximate surface area is 159 Å². The Morgan fingerprint density at radius 3 is 2.37 bits per heavy atom. The van der Waals surface area contributed by atoms with Gasteiger partial charge in [-0.25, -0.2) is 0 Å². The number of nitrogens with zero attached hydrogens (tertiary/aromatic N) is 1. The van der Waals surface area contributed by atoms with E-state index in [4.69, 9.17) is 4.74 Å². The van der Waals surface area contributed by atoms with Gasteiger partial charge in [-0.2, -0.15) is 0 Å². The summed E-state index contributed by atoms with van der Waals surface area (Å²) in [5.41, 5.74) is 1.77. The van der Waals surface area contributed by atoms with Gasteiger partial charge in [0.2, 0.25) is 11.8 Å². The number of benzene rings is 2. The van der Waals surface area contributed by atoms with Gasteiger partial charge in [0, 0.05) is 37.2 Å². The standard InChI is InChI=1S/C22H24N2O3/c1-15(14-24-12-6-11-20(24)25)13-23-22(26)21-16-7-2-4-9-18(16)27-19-10-5-3-8-17(19)21/h2-5,7-10,15,21H,6,11-14H2,1H3,(H,23,26)/t15-/m1/s1. The summed E-state index contributed by atoms with van der Waals surface area (Å²) in [5, 5.41) is 3.09. The average molecular weight is 364 g/mol. The third-order valence-electron chi connectivity index (χ3n) is 5.27. The lowest BCUT2D eigenvalue weighted by atomic mass is 9.87. The van der Waals surface area contributed by atoms with Crippen LogP contribution in [-0.4, -0.2) is 36.3 Å². The minimum Gasteiger partial charge on any atom is -0.457 e. The van der Waals surface area contributed by atoms with E-state index in [0.717, 1.165) is 35.6 Å². The van der Waals surface area contributed by atoms with E-state index in [2.05, 4.69) is 12.2 Å². The van der Waals surface area contributed by atoms with Crippen LogP contribution in [0.5, 0.6) is 11.5 Å². The Morgan fingerprint density at radius 2 is 1.78 bits per heavy atom. The highest BCUT2D eigenvalue weighted by Crippen LogP contribution is 2.43. The molecule has 2 aromatic carbocycles. The second-order valence-corrected chi connectivity index (χ2v) is 7.40. The van der Waals surface area contributed by atoms with E-state index in [1.165, 1.54) is 0 Å². The van der Waals surface area contributed by atoms with Gasteiger partial charge in [0.1, 0.15) is 11.5 Å². The van der Waals surface area contributed by atoms with Crippen LogP contribution in [0.25, 0.3) is 0 Å². The molecule has 1 fully saturated rings. The number of ether oxygens (including phenoxy) is 1. The summed E-state index contributed by atoms with van der Waals surface area (Å²) in [7, 11) is 0. The number of amides is 2.